The van der Waals surface area contributed by atoms with Crippen molar-refractivity contribution in [2.45, 2.75) is 88.0 Å². The minimum Gasteiger partial charge on any atom is -0.431 e. The summed E-state index contributed by atoms with van der Waals surface area (Å²) in [5.41, 5.74) is 1.01. The minimum atomic E-state index is -1.60. The van der Waals surface area contributed by atoms with Gasteiger partial charge in [-0.1, -0.05) is 55.1 Å². The van der Waals surface area contributed by atoms with E-state index in [1.807, 2.05) is 0 Å². The largest absolute Gasteiger partial charge is 0.508 e. The highest BCUT2D eigenvalue weighted by atomic mass is 35.6. The van der Waals surface area contributed by atoms with Crippen molar-refractivity contribution in [2.24, 2.45) is 34.5 Å². The Bertz CT molecular complexity index is 606. The zero-order chi connectivity index (χ0) is 20.2. The molecule has 0 amide bonds. The molecule has 7 atom stereocenters. The first-order valence-corrected chi connectivity index (χ1v) is 12.1. The highest BCUT2D eigenvalue weighted by Gasteiger charge is 2.58. The van der Waals surface area contributed by atoms with Crippen molar-refractivity contribution in [1.82, 2.24) is 0 Å². The molecule has 4 aliphatic rings. The third-order valence-electron chi connectivity index (χ3n) is 9.02. The number of alkyl halides is 3. The molecule has 0 aromatic heterocycles. The van der Waals surface area contributed by atoms with Gasteiger partial charge in [-0.2, -0.15) is 0 Å². The van der Waals surface area contributed by atoms with E-state index in [9.17, 15) is 4.79 Å². The molecular weight excluding hydrogens is 419 g/mol. The lowest BCUT2D eigenvalue weighted by atomic mass is 9.45. The molecule has 160 valence electrons. The van der Waals surface area contributed by atoms with Crippen LogP contribution in [-0.2, 0) is 9.47 Å². The van der Waals surface area contributed by atoms with Gasteiger partial charge in [0.05, 0.1) is 0 Å². The van der Waals surface area contributed by atoms with Crippen LogP contribution in [0.1, 0.15) is 78.1 Å². The van der Waals surface area contributed by atoms with E-state index < -0.39 is 9.95 Å². The normalized spacial score (nSPS) is 45.5. The lowest BCUT2D eigenvalue weighted by Crippen LogP contribution is -2.53. The molecule has 0 radical (unpaired) electrons. The lowest BCUT2D eigenvalue weighted by molar-refractivity contribution is -0.124. The molecule has 0 saturated heterocycles. The summed E-state index contributed by atoms with van der Waals surface area (Å²) in [5.74, 6) is 3.34. The number of carbonyl (C=O) groups excluding carboxylic acids is 1. The smallest absolute Gasteiger partial charge is 0.431 e. The van der Waals surface area contributed by atoms with Crippen molar-refractivity contribution >= 4 is 41.0 Å². The maximum absolute atomic E-state index is 12.0. The first kappa shape index (κ1) is 21.4. The SMILES string of the molecule is C[C@@]12CCC[C@H]1[C@@H]1CC[C@H]3C[C@H](OC(=O)OCC(Cl)(Cl)Cl)CC[C@]3(C)[C@H]1CC2. The zero-order valence-corrected chi connectivity index (χ0v) is 19.3. The number of fused-ring (bicyclic) bond motifs is 5. The standard InChI is InChI=1S/C22H33Cl3O3/c1-20-9-3-4-17(20)16-6-5-14-12-15(28-19(26)27-13-22(23,24)25)7-11-21(14,2)18(16)8-10-20/h14-18H,3-13H2,1-2H3/t14-,15+,16-,17-,18-,20-,21-/m0/s1. The van der Waals surface area contributed by atoms with Gasteiger partial charge < -0.3 is 9.47 Å². The van der Waals surface area contributed by atoms with Crippen molar-refractivity contribution in [1.29, 1.82) is 0 Å². The van der Waals surface area contributed by atoms with Gasteiger partial charge in [0, 0.05) is 0 Å². The molecule has 6 heteroatoms. The highest BCUT2D eigenvalue weighted by molar-refractivity contribution is 6.67. The zero-order valence-electron chi connectivity index (χ0n) is 17.0. The third kappa shape index (κ3) is 4.02. The van der Waals surface area contributed by atoms with Crippen molar-refractivity contribution in [3.05, 3.63) is 0 Å². The van der Waals surface area contributed by atoms with E-state index in [4.69, 9.17) is 44.3 Å². The molecule has 0 heterocycles. The van der Waals surface area contributed by atoms with Crippen molar-refractivity contribution < 1.29 is 14.3 Å². The van der Waals surface area contributed by atoms with Gasteiger partial charge in [0.25, 0.3) is 0 Å². The van der Waals surface area contributed by atoms with E-state index in [2.05, 4.69) is 13.8 Å². The van der Waals surface area contributed by atoms with Crippen LogP contribution >= 0.6 is 34.8 Å². The van der Waals surface area contributed by atoms with Gasteiger partial charge in [-0.05, 0) is 92.3 Å². The molecule has 4 aliphatic carbocycles. The van der Waals surface area contributed by atoms with Gasteiger partial charge in [-0.25, -0.2) is 4.79 Å². The van der Waals surface area contributed by atoms with Crippen LogP contribution in [0.2, 0.25) is 0 Å². The van der Waals surface area contributed by atoms with Crippen molar-refractivity contribution in [3.8, 4) is 0 Å². The Hall–Kier alpha value is 0.140. The quantitative estimate of drug-likeness (QED) is 0.326. The molecular formula is C22H33Cl3O3. The van der Waals surface area contributed by atoms with Gasteiger partial charge >= 0.3 is 6.16 Å². The molecule has 0 aromatic carbocycles. The number of halogens is 3. The predicted octanol–water partition coefficient (Wildman–Crippen LogP) is 7.31. The minimum absolute atomic E-state index is 0.0714. The number of hydrogen-bond acceptors (Lipinski definition) is 3. The number of ether oxygens (including phenoxy) is 2. The second-order valence-electron chi connectivity index (χ2n) is 10.4. The van der Waals surface area contributed by atoms with Crippen LogP contribution in [0.25, 0.3) is 0 Å². The first-order valence-electron chi connectivity index (χ1n) is 11.0. The molecule has 0 N–H and O–H groups in total. The predicted molar refractivity (Wildman–Crippen MR) is 113 cm³/mol. The number of hydrogen-bond donors (Lipinski definition) is 0. The second-order valence-corrected chi connectivity index (χ2v) is 12.9. The summed E-state index contributed by atoms with van der Waals surface area (Å²) in [7, 11) is 0. The second kappa shape index (κ2) is 7.68. The molecule has 28 heavy (non-hydrogen) atoms. The Kier molecular flexibility index (Phi) is 5.86. The molecule has 0 spiro atoms. The highest BCUT2D eigenvalue weighted by Crippen LogP contribution is 2.66. The molecule has 0 aliphatic heterocycles. The van der Waals surface area contributed by atoms with E-state index >= 15 is 0 Å². The number of rotatable bonds is 2. The Labute approximate surface area is 184 Å². The molecule has 4 rings (SSSR count). The van der Waals surface area contributed by atoms with E-state index in [-0.39, 0.29) is 12.7 Å². The molecule has 4 saturated carbocycles. The third-order valence-corrected chi connectivity index (χ3v) is 9.34. The summed E-state index contributed by atoms with van der Waals surface area (Å²) in [6.45, 7) is 4.81. The average Bonchev–Trinajstić information content (AvgIpc) is 3.01. The molecule has 0 unspecified atom stereocenters. The monoisotopic (exact) mass is 450 g/mol. The van der Waals surface area contributed by atoms with Gasteiger partial charge in [-0.15, -0.1) is 0 Å². The molecule has 0 bridgehead atoms. The van der Waals surface area contributed by atoms with Gasteiger partial charge in [0.2, 0.25) is 3.79 Å². The average molecular weight is 452 g/mol. The van der Waals surface area contributed by atoms with Crippen molar-refractivity contribution in [3.63, 3.8) is 0 Å². The van der Waals surface area contributed by atoms with Crippen LogP contribution in [0.5, 0.6) is 0 Å². The van der Waals surface area contributed by atoms with Gasteiger partial charge in [0.15, 0.2) is 0 Å². The molecule has 3 nitrogen and oxygen atoms in total. The van der Waals surface area contributed by atoms with Crippen LogP contribution < -0.4 is 0 Å². The summed E-state index contributed by atoms with van der Waals surface area (Å²) in [4.78, 5) is 12.0. The lowest BCUT2D eigenvalue weighted by Gasteiger charge is -2.60. The summed E-state index contributed by atoms with van der Waals surface area (Å²) >= 11 is 16.9. The first-order chi connectivity index (χ1) is 13.1. The van der Waals surface area contributed by atoms with Gasteiger partial charge in [-0.3, -0.25) is 0 Å². The Morgan fingerprint density at radius 2 is 1.79 bits per heavy atom. The van der Waals surface area contributed by atoms with E-state index in [0.29, 0.717) is 16.7 Å². The fraction of sp³-hybridized carbons (Fsp3) is 0.955. The van der Waals surface area contributed by atoms with Gasteiger partial charge in [0.1, 0.15) is 12.7 Å². The summed E-state index contributed by atoms with van der Waals surface area (Å²) < 4.78 is 8.92. The summed E-state index contributed by atoms with van der Waals surface area (Å²) in [6, 6.07) is 0. The van der Waals surface area contributed by atoms with Crippen LogP contribution in [0.15, 0.2) is 0 Å². The Balaban J connectivity index is 1.37. The topological polar surface area (TPSA) is 35.5 Å². The van der Waals surface area contributed by atoms with Crippen LogP contribution in [0.3, 0.4) is 0 Å². The van der Waals surface area contributed by atoms with Crippen LogP contribution in [0, 0.1) is 34.5 Å². The summed E-state index contributed by atoms with van der Waals surface area (Å²) in [6.07, 6.45) is 12.0. The molecule has 4 fully saturated rings. The fourth-order valence-electron chi connectivity index (χ4n) is 7.63. The van der Waals surface area contributed by atoms with E-state index in [1.165, 1.54) is 44.9 Å². The maximum atomic E-state index is 12.0. The van der Waals surface area contributed by atoms with E-state index in [0.717, 1.165) is 37.0 Å². The summed E-state index contributed by atoms with van der Waals surface area (Å²) in [5, 5.41) is 0. The Morgan fingerprint density at radius 3 is 2.54 bits per heavy atom. The maximum Gasteiger partial charge on any atom is 0.508 e. The van der Waals surface area contributed by atoms with Crippen molar-refractivity contribution in [2.75, 3.05) is 6.61 Å². The van der Waals surface area contributed by atoms with Crippen LogP contribution in [0.4, 0.5) is 4.79 Å². The number of carbonyl (C=O) groups is 1. The van der Waals surface area contributed by atoms with E-state index in [1.54, 1.807) is 0 Å². The fourth-order valence-corrected chi connectivity index (χ4v) is 7.79. The van der Waals surface area contributed by atoms with Crippen LogP contribution in [-0.4, -0.2) is 22.7 Å². The Morgan fingerprint density at radius 1 is 1.00 bits per heavy atom. The molecule has 0 aromatic rings.